The average molecular weight is 669 g/mol. The summed E-state index contributed by atoms with van der Waals surface area (Å²) in [5.74, 6) is -3.26. The Bertz CT molecular complexity index is 1470. The van der Waals surface area contributed by atoms with E-state index in [-0.39, 0.29) is 34.1 Å². The molecule has 0 amide bonds. The highest BCUT2D eigenvalue weighted by molar-refractivity contribution is 5.97. The zero-order chi connectivity index (χ0) is 37.4. The number of benzene rings is 2. The Morgan fingerprint density at radius 1 is 0.417 bits per heavy atom. The molecule has 2 atom stereocenters. The minimum atomic E-state index is -1.78. The molecule has 48 heavy (non-hydrogen) atoms. The number of rotatable bonds is 8. The van der Waals surface area contributed by atoms with Crippen LogP contribution in [0.5, 0.6) is 23.0 Å². The van der Waals surface area contributed by atoms with Gasteiger partial charge < -0.3 is 30.4 Å². The summed E-state index contributed by atoms with van der Waals surface area (Å²) in [6.45, 7) is 23.0. The maximum atomic E-state index is 14.2. The number of hydrogen-bond donors (Lipinski definition) is 2. The Morgan fingerprint density at radius 3 is 0.875 bits per heavy atom. The van der Waals surface area contributed by atoms with E-state index in [1.807, 2.05) is 0 Å². The molecule has 264 valence electrons. The summed E-state index contributed by atoms with van der Waals surface area (Å²) in [6.07, 6.45) is 0. The molecule has 0 aliphatic carbocycles. The van der Waals surface area contributed by atoms with Gasteiger partial charge in [-0.2, -0.15) is 0 Å². The van der Waals surface area contributed by atoms with Crippen molar-refractivity contribution in [3.8, 4) is 23.0 Å². The largest absolute Gasteiger partial charge is 0.422 e. The molecule has 11 heteroatoms. The molecule has 0 aromatic heterocycles. The molecule has 2 rings (SSSR count). The fourth-order valence-corrected chi connectivity index (χ4v) is 3.80. The van der Waals surface area contributed by atoms with Crippen molar-refractivity contribution in [2.75, 3.05) is 0 Å². The van der Waals surface area contributed by atoms with Crippen molar-refractivity contribution in [1.82, 2.24) is 0 Å². The number of ether oxygens (including phenoxy) is 4. The quantitative estimate of drug-likeness (QED) is 0.245. The predicted octanol–water partition coefficient (Wildman–Crippen LogP) is 6.11. The second kappa shape index (κ2) is 13.4. The van der Waals surface area contributed by atoms with Gasteiger partial charge in [0, 0.05) is 0 Å². The van der Waals surface area contributed by atoms with Crippen LogP contribution in [0.3, 0.4) is 0 Å². The van der Waals surface area contributed by atoms with Crippen LogP contribution in [0.25, 0.3) is 0 Å². The molecule has 0 saturated carbocycles. The van der Waals surface area contributed by atoms with Crippen LogP contribution in [0.2, 0.25) is 0 Å². The van der Waals surface area contributed by atoms with Gasteiger partial charge in [0.1, 0.15) is 11.1 Å². The van der Waals surface area contributed by atoms with Crippen LogP contribution in [-0.4, -0.2) is 29.7 Å². The van der Waals surface area contributed by atoms with Gasteiger partial charge in [0.05, 0.1) is 21.7 Å². The fraction of sp³-hybridized carbons (Fsp3) is 0.541. The first-order chi connectivity index (χ1) is 21.4. The van der Waals surface area contributed by atoms with Gasteiger partial charge in [0.15, 0.2) is 28.8 Å². The minimum Gasteiger partial charge on any atom is -0.422 e. The lowest BCUT2D eigenvalue weighted by molar-refractivity contribution is -0.145. The van der Waals surface area contributed by atoms with Crippen LogP contribution in [-0.2, 0) is 35.1 Å². The molecular weight excluding hydrogens is 616 g/mol. The highest BCUT2D eigenvalue weighted by Crippen LogP contribution is 2.39. The molecule has 0 aliphatic heterocycles. The maximum absolute atomic E-state index is 14.2. The molecule has 0 saturated heterocycles. The fourth-order valence-electron chi connectivity index (χ4n) is 3.80. The Hall–Kier alpha value is -4.09. The van der Waals surface area contributed by atoms with Crippen LogP contribution in [0.4, 0.5) is 0 Å². The van der Waals surface area contributed by atoms with Crippen LogP contribution in [0.1, 0.15) is 108 Å². The first-order valence-electron chi connectivity index (χ1n) is 15.7. The van der Waals surface area contributed by atoms with E-state index in [0.29, 0.717) is 0 Å². The monoisotopic (exact) mass is 668 g/mol. The highest BCUT2D eigenvalue weighted by Gasteiger charge is 2.44. The van der Waals surface area contributed by atoms with Gasteiger partial charge in [-0.05, 0) is 132 Å². The van der Waals surface area contributed by atoms with Gasteiger partial charge in [-0.1, -0.05) is 12.1 Å². The summed E-state index contributed by atoms with van der Waals surface area (Å²) in [6, 6.07) is 8.51. The molecule has 2 aromatic rings. The molecule has 0 radical (unpaired) electrons. The smallest absolute Gasteiger partial charge is 0.316 e. The summed E-state index contributed by atoms with van der Waals surface area (Å²) in [4.78, 5) is 65.4. The first kappa shape index (κ1) is 40.1. The zero-order valence-corrected chi connectivity index (χ0v) is 30.8. The van der Waals surface area contributed by atoms with Crippen molar-refractivity contribution < 1.29 is 42.9 Å². The number of carbonyl (C=O) groups excluding carboxylic acids is 5. The number of hydrogen-bond acceptors (Lipinski definition) is 11. The molecular formula is C37H52N2O9. The summed E-state index contributed by atoms with van der Waals surface area (Å²) in [5, 5.41) is 0. The number of carbonyl (C=O) groups is 5. The van der Waals surface area contributed by atoms with Crippen LogP contribution < -0.4 is 30.4 Å². The lowest BCUT2D eigenvalue weighted by Crippen LogP contribution is -2.55. The summed E-state index contributed by atoms with van der Waals surface area (Å²) < 4.78 is 22.5. The lowest BCUT2D eigenvalue weighted by atomic mass is 9.76. The third kappa shape index (κ3) is 9.50. The first-order valence-corrected chi connectivity index (χ1v) is 15.7. The van der Waals surface area contributed by atoms with E-state index in [2.05, 4.69) is 0 Å². The van der Waals surface area contributed by atoms with Gasteiger partial charge in [-0.25, -0.2) is 0 Å². The molecule has 2 aromatic carbocycles. The number of nitrogens with two attached hydrogens (primary N) is 2. The standard InChI is InChI=1S/C37H52N2O9/c1-32(2,3)28(41)45-23-17-15-21(19-25(23)47-30(43)34(7,8)9)36(13,38)27(40)37(14,39)22-16-18-24(46-29(42)33(4,5)6)26(20-22)48-31(44)35(10,11)12/h15-20H,38-39H2,1-14H3. The van der Waals surface area contributed by atoms with E-state index < -0.39 is 62.4 Å². The van der Waals surface area contributed by atoms with Crippen molar-refractivity contribution in [2.24, 2.45) is 33.1 Å². The zero-order valence-electron chi connectivity index (χ0n) is 30.8. The van der Waals surface area contributed by atoms with E-state index in [9.17, 15) is 24.0 Å². The predicted molar refractivity (Wildman–Crippen MR) is 181 cm³/mol. The second-order valence-electron chi connectivity index (χ2n) is 16.6. The molecule has 2 unspecified atom stereocenters. The summed E-state index contributed by atoms with van der Waals surface area (Å²) in [7, 11) is 0. The van der Waals surface area contributed by atoms with Crippen molar-refractivity contribution in [2.45, 2.75) is 108 Å². The van der Waals surface area contributed by atoms with Gasteiger partial charge in [0.25, 0.3) is 0 Å². The minimum absolute atomic E-state index is 0.0271. The summed E-state index contributed by atoms with van der Waals surface area (Å²) in [5.41, 5.74) is 6.75. The molecule has 0 fully saturated rings. The average Bonchev–Trinajstić information content (AvgIpc) is 2.91. The Morgan fingerprint density at radius 2 is 0.646 bits per heavy atom. The molecule has 0 heterocycles. The Balaban J connectivity index is 2.65. The van der Waals surface area contributed by atoms with E-state index in [1.165, 1.54) is 50.2 Å². The third-order valence-corrected chi connectivity index (χ3v) is 7.29. The third-order valence-electron chi connectivity index (χ3n) is 7.29. The SMILES string of the molecule is CC(C)(C)C(=O)Oc1ccc(C(C)(N)C(=O)C(C)(N)c2ccc(OC(=O)C(C)(C)C)c(OC(=O)C(C)(C)C)c2)cc1OC(=O)C(C)(C)C. The number of Topliss-reactive ketones (excluding diaryl/α,β-unsaturated/α-hetero) is 1. The Kier molecular flexibility index (Phi) is 11.2. The maximum Gasteiger partial charge on any atom is 0.316 e. The normalized spacial score (nSPS) is 15.0. The highest BCUT2D eigenvalue weighted by atomic mass is 16.6. The molecule has 11 nitrogen and oxygen atoms in total. The van der Waals surface area contributed by atoms with Gasteiger partial charge in [-0.3, -0.25) is 24.0 Å². The van der Waals surface area contributed by atoms with Crippen molar-refractivity contribution in [3.05, 3.63) is 47.5 Å². The van der Waals surface area contributed by atoms with Gasteiger partial charge in [-0.15, -0.1) is 0 Å². The topological polar surface area (TPSA) is 174 Å². The van der Waals surface area contributed by atoms with E-state index in [0.717, 1.165) is 0 Å². The lowest BCUT2D eigenvalue weighted by Gasteiger charge is -2.34. The summed E-state index contributed by atoms with van der Waals surface area (Å²) >= 11 is 0. The molecule has 0 bridgehead atoms. The van der Waals surface area contributed by atoms with Crippen LogP contribution >= 0.6 is 0 Å². The van der Waals surface area contributed by atoms with E-state index in [4.69, 9.17) is 30.4 Å². The molecule has 0 aliphatic rings. The molecule has 0 spiro atoms. The Labute approximate surface area is 284 Å². The number of ketones is 1. The van der Waals surface area contributed by atoms with Gasteiger partial charge >= 0.3 is 23.9 Å². The molecule has 4 N–H and O–H groups in total. The van der Waals surface area contributed by atoms with Crippen molar-refractivity contribution >= 4 is 29.7 Å². The van der Waals surface area contributed by atoms with Crippen LogP contribution in [0, 0.1) is 21.7 Å². The van der Waals surface area contributed by atoms with Crippen LogP contribution in [0.15, 0.2) is 36.4 Å². The van der Waals surface area contributed by atoms with Gasteiger partial charge in [0.2, 0.25) is 0 Å². The number of esters is 4. The van der Waals surface area contributed by atoms with Crippen molar-refractivity contribution in [3.63, 3.8) is 0 Å². The van der Waals surface area contributed by atoms with E-state index >= 15 is 0 Å². The van der Waals surface area contributed by atoms with E-state index in [1.54, 1.807) is 83.1 Å². The van der Waals surface area contributed by atoms with Crippen molar-refractivity contribution in [1.29, 1.82) is 0 Å². The second-order valence-corrected chi connectivity index (χ2v) is 16.6.